The summed E-state index contributed by atoms with van der Waals surface area (Å²) >= 11 is 5.90. The summed E-state index contributed by atoms with van der Waals surface area (Å²) in [5.74, 6) is 0.875. The van der Waals surface area contributed by atoms with E-state index in [1.54, 1.807) is 0 Å². The summed E-state index contributed by atoms with van der Waals surface area (Å²) < 4.78 is 5.67. The SMILES string of the molecule is CCOc1ccc(C)cc1C(N)Cc1ccc(Cl)cc1. The molecular weight excluding hydrogens is 270 g/mol. The largest absolute Gasteiger partial charge is 0.494 e. The zero-order valence-electron chi connectivity index (χ0n) is 11.9. The normalized spacial score (nSPS) is 12.2. The number of hydrogen-bond donors (Lipinski definition) is 1. The van der Waals surface area contributed by atoms with Gasteiger partial charge < -0.3 is 10.5 Å². The lowest BCUT2D eigenvalue weighted by Gasteiger charge is -2.17. The lowest BCUT2D eigenvalue weighted by molar-refractivity contribution is 0.334. The lowest BCUT2D eigenvalue weighted by Crippen LogP contribution is -2.15. The molecule has 1 unspecified atom stereocenters. The van der Waals surface area contributed by atoms with Gasteiger partial charge in [-0.2, -0.15) is 0 Å². The summed E-state index contributed by atoms with van der Waals surface area (Å²) in [6.45, 7) is 4.69. The molecule has 2 rings (SSSR count). The second kappa shape index (κ2) is 6.78. The quantitative estimate of drug-likeness (QED) is 0.891. The van der Waals surface area contributed by atoms with Crippen LogP contribution in [0, 0.1) is 6.92 Å². The molecule has 106 valence electrons. The average Bonchev–Trinajstić information content (AvgIpc) is 2.43. The number of rotatable bonds is 5. The van der Waals surface area contributed by atoms with Crippen molar-refractivity contribution in [1.29, 1.82) is 0 Å². The van der Waals surface area contributed by atoms with Crippen LogP contribution in [0.3, 0.4) is 0 Å². The van der Waals surface area contributed by atoms with Crippen molar-refractivity contribution in [2.75, 3.05) is 6.61 Å². The van der Waals surface area contributed by atoms with Gasteiger partial charge in [0.2, 0.25) is 0 Å². The highest BCUT2D eigenvalue weighted by Crippen LogP contribution is 2.27. The van der Waals surface area contributed by atoms with Gasteiger partial charge in [-0.3, -0.25) is 0 Å². The van der Waals surface area contributed by atoms with Gasteiger partial charge in [-0.05, 0) is 44.0 Å². The van der Waals surface area contributed by atoms with E-state index >= 15 is 0 Å². The van der Waals surface area contributed by atoms with Crippen LogP contribution < -0.4 is 10.5 Å². The predicted octanol–water partition coefficient (Wildman–Crippen LogP) is 4.29. The maximum Gasteiger partial charge on any atom is 0.124 e. The molecular formula is C17H20ClNO. The van der Waals surface area contributed by atoms with Gasteiger partial charge in [-0.1, -0.05) is 41.4 Å². The zero-order valence-corrected chi connectivity index (χ0v) is 12.7. The first-order valence-corrected chi connectivity index (χ1v) is 7.21. The van der Waals surface area contributed by atoms with Gasteiger partial charge >= 0.3 is 0 Å². The van der Waals surface area contributed by atoms with Gasteiger partial charge in [0.15, 0.2) is 0 Å². The lowest BCUT2D eigenvalue weighted by atomic mass is 9.97. The molecule has 0 aromatic heterocycles. The Kier molecular flexibility index (Phi) is 5.05. The number of aryl methyl sites for hydroxylation is 1. The molecule has 0 spiro atoms. The van der Waals surface area contributed by atoms with Crippen molar-refractivity contribution >= 4 is 11.6 Å². The van der Waals surface area contributed by atoms with E-state index in [2.05, 4.69) is 13.0 Å². The van der Waals surface area contributed by atoms with Crippen LogP contribution in [0.25, 0.3) is 0 Å². The second-order valence-corrected chi connectivity index (χ2v) is 5.35. The Morgan fingerprint density at radius 2 is 1.85 bits per heavy atom. The molecule has 0 saturated carbocycles. The van der Waals surface area contributed by atoms with Crippen LogP contribution in [0.15, 0.2) is 42.5 Å². The minimum atomic E-state index is -0.0855. The fourth-order valence-corrected chi connectivity index (χ4v) is 2.35. The highest BCUT2D eigenvalue weighted by molar-refractivity contribution is 6.30. The monoisotopic (exact) mass is 289 g/mol. The van der Waals surface area contributed by atoms with E-state index < -0.39 is 0 Å². The molecule has 0 amide bonds. The predicted molar refractivity (Wildman–Crippen MR) is 84.4 cm³/mol. The maximum atomic E-state index is 6.35. The number of benzene rings is 2. The van der Waals surface area contributed by atoms with Gasteiger partial charge in [-0.15, -0.1) is 0 Å². The number of hydrogen-bond acceptors (Lipinski definition) is 2. The molecule has 0 heterocycles. The first kappa shape index (κ1) is 14.9. The third-order valence-corrected chi connectivity index (χ3v) is 3.49. The standard InChI is InChI=1S/C17H20ClNO/c1-3-20-17-9-4-12(2)10-15(17)16(19)11-13-5-7-14(18)8-6-13/h4-10,16H,3,11,19H2,1-2H3. The summed E-state index contributed by atoms with van der Waals surface area (Å²) in [6.07, 6.45) is 0.765. The Balaban J connectivity index is 2.21. The number of nitrogens with two attached hydrogens (primary N) is 1. The van der Waals surface area contributed by atoms with Gasteiger partial charge in [0.25, 0.3) is 0 Å². The third kappa shape index (κ3) is 3.75. The Bertz CT molecular complexity index is 566. The summed E-state index contributed by atoms with van der Waals surface area (Å²) in [4.78, 5) is 0. The molecule has 0 bridgehead atoms. The van der Waals surface area contributed by atoms with Gasteiger partial charge in [0.05, 0.1) is 6.61 Å². The Morgan fingerprint density at radius 1 is 1.15 bits per heavy atom. The van der Waals surface area contributed by atoms with Crippen molar-refractivity contribution in [3.63, 3.8) is 0 Å². The molecule has 0 radical (unpaired) electrons. The molecule has 0 aliphatic heterocycles. The minimum Gasteiger partial charge on any atom is -0.494 e. The second-order valence-electron chi connectivity index (χ2n) is 4.91. The average molecular weight is 290 g/mol. The van der Waals surface area contributed by atoms with Crippen molar-refractivity contribution in [1.82, 2.24) is 0 Å². The van der Waals surface area contributed by atoms with Crippen LogP contribution in [0.5, 0.6) is 5.75 Å². The van der Waals surface area contributed by atoms with Gasteiger partial charge in [-0.25, -0.2) is 0 Å². The molecule has 2 N–H and O–H groups in total. The maximum absolute atomic E-state index is 6.35. The summed E-state index contributed by atoms with van der Waals surface area (Å²) in [5, 5.41) is 0.743. The Hall–Kier alpha value is -1.51. The van der Waals surface area contributed by atoms with Gasteiger partial charge in [0, 0.05) is 16.6 Å². The molecule has 0 aliphatic carbocycles. The first-order chi connectivity index (χ1) is 9.60. The topological polar surface area (TPSA) is 35.2 Å². The molecule has 2 nitrogen and oxygen atoms in total. The van der Waals surface area contributed by atoms with E-state index in [0.717, 1.165) is 22.8 Å². The van der Waals surface area contributed by atoms with Crippen molar-refractivity contribution in [2.24, 2.45) is 5.73 Å². The molecule has 0 aliphatic rings. The highest BCUT2D eigenvalue weighted by atomic mass is 35.5. The van der Waals surface area contributed by atoms with Crippen LogP contribution >= 0.6 is 11.6 Å². The van der Waals surface area contributed by atoms with E-state index in [1.165, 1.54) is 11.1 Å². The number of halogens is 1. The first-order valence-electron chi connectivity index (χ1n) is 6.83. The summed E-state index contributed by atoms with van der Waals surface area (Å²) in [5.41, 5.74) is 9.77. The van der Waals surface area contributed by atoms with E-state index in [1.807, 2.05) is 43.3 Å². The molecule has 2 aromatic rings. The van der Waals surface area contributed by atoms with E-state index in [4.69, 9.17) is 22.1 Å². The van der Waals surface area contributed by atoms with Crippen LogP contribution in [0.2, 0.25) is 5.02 Å². The van der Waals surface area contributed by atoms with Crippen molar-refractivity contribution < 1.29 is 4.74 Å². The molecule has 20 heavy (non-hydrogen) atoms. The molecule has 0 saturated heterocycles. The fourth-order valence-electron chi connectivity index (χ4n) is 2.23. The van der Waals surface area contributed by atoms with Crippen LogP contribution in [-0.2, 0) is 6.42 Å². The van der Waals surface area contributed by atoms with Crippen molar-refractivity contribution in [3.05, 3.63) is 64.2 Å². The van der Waals surface area contributed by atoms with E-state index in [0.29, 0.717) is 6.61 Å². The fraction of sp³-hybridized carbons (Fsp3) is 0.294. The minimum absolute atomic E-state index is 0.0855. The molecule has 1 atom stereocenters. The summed E-state index contributed by atoms with van der Waals surface area (Å²) in [7, 11) is 0. The van der Waals surface area contributed by atoms with E-state index in [-0.39, 0.29) is 6.04 Å². The summed E-state index contributed by atoms with van der Waals surface area (Å²) in [6, 6.07) is 13.9. The van der Waals surface area contributed by atoms with Crippen molar-refractivity contribution in [2.45, 2.75) is 26.3 Å². The van der Waals surface area contributed by atoms with Crippen LogP contribution in [0.1, 0.15) is 29.7 Å². The van der Waals surface area contributed by atoms with Crippen molar-refractivity contribution in [3.8, 4) is 5.75 Å². The van der Waals surface area contributed by atoms with Crippen LogP contribution in [-0.4, -0.2) is 6.61 Å². The molecule has 2 aromatic carbocycles. The van der Waals surface area contributed by atoms with Crippen LogP contribution in [0.4, 0.5) is 0 Å². The number of ether oxygens (including phenoxy) is 1. The zero-order chi connectivity index (χ0) is 14.5. The third-order valence-electron chi connectivity index (χ3n) is 3.23. The molecule has 0 fully saturated rings. The highest BCUT2D eigenvalue weighted by Gasteiger charge is 2.13. The molecule has 3 heteroatoms. The Labute approximate surface area is 125 Å². The van der Waals surface area contributed by atoms with Gasteiger partial charge in [0.1, 0.15) is 5.75 Å². The van der Waals surface area contributed by atoms with E-state index in [9.17, 15) is 0 Å². The Morgan fingerprint density at radius 3 is 2.50 bits per heavy atom. The smallest absolute Gasteiger partial charge is 0.124 e.